The minimum absolute atomic E-state index is 0.103. The highest BCUT2D eigenvalue weighted by Crippen LogP contribution is 2.25. The van der Waals surface area contributed by atoms with Crippen molar-refractivity contribution in [2.24, 2.45) is 0 Å². The predicted octanol–water partition coefficient (Wildman–Crippen LogP) is 3.98. The normalized spacial score (nSPS) is 10.8. The third kappa shape index (κ3) is 4.60. The SMILES string of the molecule is CCCCCCOC(=O)Cn1cc(C=O)c2cc(OCC)ccc21. The number of unbranched alkanes of at least 4 members (excludes halogenated alkanes) is 3. The molecule has 130 valence electrons. The van der Waals surface area contributed by atoms with Gasteiger partial charge in [0.1, 0.15) is 12.3 Å². The lowest BCUT2D eigenvalue weighted by molar-refractivity contribution is -0.144. The Morgan fingerprint density at radius 3 is 2.75 bits per heavy atom. The quantitative estimate of drug-likeness (QED) is 0.375. The van der Waals surface area contributed by atoms with Gasteiger partial charge in [0.2, 0.25) is 0 Å². The zero-order chi connectivity index (χ0) is 17.4. The van der Waals surface area contributed by atoms with Crippen molar-refractivity contribution in [2.75, 3.05) is 13.2 Å². The summed E-state index contributed by atoms with van der Waals surface area (Å²) in [6.45, 7) is 5.17. The number of hydrogen-bond acceptors (Lipinski definition) is 4. The first-order valence-corrected chi connectivity index (χ1v) is 8.56. The second kappa shape index (κ2) is 9.11. The van der Waals surface area contributed by atoms with E-state index in [0.717, 1.165) is 42.9 Å². The number of carbonyl (C=O) groups is 2. The number of benzene rings is 1. The first kappa shape index (κ1) is 18.0. The first-order chi connectivity index (χ1) is 11.7. The molecule has 5 nitrogen and oxygen atoms in total. The highest BCUT2D eigenvalue weighted by molar-refractivity contribution is 5.98. The van der Waals surface area contributed by atoms with Crippen molar-refractivity contribution in [1.29, 1.82) is 0 Å². The standard InChI is InChI=1S/C19H25NO4/c1-3-5-6-7-10-24-19(22)13-20-12-15(14-21)17-11-16(23-4-2)8-9-18(17)20/h8-9,11-12,14H,3-7,10,13H2,1-2H3. The zero-order valence-electron chi connectivity index (χ0n) is 14.4. The molecule has 5 heteroatoms. The molecule has 0 N–H and O–H groups in total. The van der Waals surface area contributed by atoms with Crippen molar-refractivity contribution < 1.29 is 19.1 Å². The molecule has 0 aliphatic carbocycles. The minimum atomic E-state index is -0.283. The van der Waals surface area contributed by atoms with Crippen molar-refractivity contribution in [3.8, 4) is 5.75 Å². The van der Waals surface area contributed by atoms with Crippen LogP contribution < -0.4 is 4.74 Å². The Kier molecular flexibility index (Phi) is 6.85. The molecule has 2 rings (SSSR count). The summed E-state index contributed by atoms with van der Waals surface area (Å²) in [4.78, 5) is 23.3. The fourth-order valence-corrected chi connectivity index (χ4v) is 2.68. The van der Waals surface area contributed by atoms with E-state index < -0.39 is 0 Å². The van der Waals surface area contributed by atoms with Gasteiger partial charge in [0.25, 0.3) is 0 Å². The van der Waals surface area contributed by atoms with E-state index >= 15 is 0 Å². The van der Waals surface area contributed by atoms with E-state index in [-0.39, 0.29) is 12.5 Å². The Hall–Kier alpha value is -2.30. The Morgan fingerprint density at radius 2 is 2.04 bits per heavy atom. The molecule has 0 aliphatic rings. The van der Waals surface area contributed by atoms with Crippen LogP contribution in [0.4, 0.5) is 0 Å². The first-order valence-electron chi connectivity index (χ1n) is 8.56. The average Bonchev–Trinajstić information content (AvgIpc) is 2.92. The minimum Gasteiger partial charge on any atom is -0.494 e. The van der Waals surface area contributed by atoms with Crippen LogP contribution in [0.1, 0.15) is 49.9 Å². The van der Waals surface area contributed by atoms with Crippen LogP contribution in [0, 0.1) is 0 Å². The van der Waals surface area contributed by atoms with Crippen molar-refractivity contribution in [3.63, 3.8) is 0 Å². The number of hydrogen-bond donors (Lipinski definition) is 0. The van der Waals surface area contributed by atoms with Gasteiger partial charge in [-0.1, -0.05) is 26.2 Å². The molecule has 0 spiro atoms. The maximum absolute atomic E-state index is 12.0. The molecule has 0 saturated heterocycles. The topological polar surface area (TPSA) is 57.5 Å². The molecule has 0 radical (unpaired) electrons. The molecule has 0 saturated carbocycles. The summed E-state index contributed by atoms with van der Waals surface area (Å²) < 4.78 is 12.5. The Balaban J connectivity index is 2.06. The van der Waals surface area contributed by atoms with Gasteiger partial charge in [0.05, 0.1) is 13.2 Å². The molecule has 0 aliphatic heterocycles. The van der Waals surface area contributed by atoms with Crippen LogP contribution in [-0.2, 0) is 16.1 Å². The highest BCUT2D eigenvalue weighted by atomic mass is 16.5. The van der Waals surface area contributed by atoms with Crippen LogP contribution in [0.3, 0.4) is 0 Å². The third-order valence-electron chi connectivity index (χ3n) is 3.88. The van der Waals surface area contributed by atoms with Crippen LogP contribution in [0.2, 0.25) is 0 Å². The smallest absolute Gasteiger partial charge is 0.325 e. The van der Waals surface area contributed by atoms with Gasteiger partial charge in [0, 0.05) is 22.7 Å². The third-order valence-corrected chi connectivity index (χ3v) is 3.88. The largest absolute Gasteiger partial charge is 0.494 e. The van der Waals surface area contributed by atoms with Crippen LogP contribution in [-0.4, -0.2) is 30.0 Å². The van der Waals surface area contributed by atoms with Crippen molar-refractivity contribution in [2.45, 2.75) is 46.1 Å². The van der Waals surface area contributed by atoms with E-state index in [2.05, 4.69) is 6.92 Å². The molecule has 0 bridgehead atoms. The van der Waals surface area contributed by atoms with E-state index in [1.807, 2.05) is 25.1 Å². The fourth-order valence-electron chi connectivity index (χ4n) is 2.68. The predicted molar refractivity (Wildman–Crippen MR) is 93.6 cm³/mol. The van der Waals surface area contributed by atoms with Crippen LogP contribution >= 0.6 is 0 Å². The monoisotopic (exact) mass is 331 g/mol. The number of fused-ring (bicyclic) bond motifs is 1. The van der Waals surface area contributed by atoms with Crippen molar-refractivity contribution >= 4 is 23.2 Å². The lowest BCUT2D eigenvalue weighted by atomic mass is 10.2. The number of aldehydes is 1. The maximum atomic E-state index is 12.0. The summed E-state index contributed by atoms with van der Waals surface area (Å²) in [7, 11) is 0. The fraction of sp³-hybridized carbons (Fsp3) is 0.474. The highest BCUT2D eigenvalue weighted by Gasteiger charge is 2.12. The van der Waals surface area contributed by atoms with E-state index in [1.165, 1.54) is 0 Å². The lowest BCUT2D eigenvalue weighted by Crippen LogP contribution is -2.13. The molecule has 2 aromatic rings. The van der Waals surface area contributed by atoms with Gasteiger partial charge < -0.3 is 14.0 Å². The van der Waals surface area contributed by atoms with E-state index in [4.69, 9.17) is 9.47 Å². The molecular weight excluding hydrogens is 306 g/mol. The van der Waals surface area contributed by atoms with Crippen LogP contribution in [0.15, 0.2) is 24.4 Å². The number of ether oxygens (including phenoxy) is 2. The Morgan fingerprint density at radius 1 is 1.21 bits per heavy atom. The summed E-state index contributed by atoms with van der Waals surface area (Å²) in [5.74, 6) is 0.430. The van der Waals surface area contributed by atoms with E-state index in [1.54, 1.807) is 10.8 Å². The molecule has 1 aromatic heterocycles. The molecule has 1 aromatic carbocycles. The molecular formula is C19H25NO4. The van der Waals surface area contributed by atoms with E-state index in [0.29, 0.717) is 24.5 Å². The van der Waals surface area contributed by atoms with E-state index in [9.17, 15) is 9.59 Å². The second-order valence-corrected chi connectivity index (χ2v) is 5.72. The number of carbonyl (C=O) groups excluding carboxylic acids is 2. The molecule has 24 heavy (non-hydrogen) atoms. The van der Waals surface area contributed by atoms with Crippen LogP contribution in [0.5, 0.6) is 5.75 Å². The number of rotatable bonds is 10. The van der Waals surface area contributed by atoms with Gasteiger partial charge in [0.15, 0.2) is 6.29 Å². The summed E-state index contributed by atoms with van der Waals surface area (Å²) in [5, 5.41) is 0.784. The van der Waals surface area contributed by atoms with Crippen molar-refractivity contribution in [1.82, 2.24) is 4.57 Å². The van der Waals surface area contributed by atoms with Gasteiger partial charge in [-0.3, -0.25) is 9.59 Å². The summed E-state index contributed by atoms with van der Waals surface area (Å²) in [5.41, 5.74) is 1.37. The van der Waals surface area contributed by atoms with Crippen LogP contribution in [0.25, 0.3) is 10.9 Å². The number of aromatic nitrogens is 1. The van der Waals surface area contributed by atoms with Crippen molar-refractivity contribution in [3.05, 3.63) is 30.0 Å². The Labute approximate surface area is 142 Å². The second-order valence-electron chi connectivity index (χ2n) is 5.72. The Bertz CT molecular complexity index is 690. The number of nitrogens with zero attached hydrogens (tertiary/aromatic N) is 1. The average molecular weight is 331 g/mol. The van der Waals surface area contributed by atoms with Gasteiger partial charge in [-0.05, 0) is 31.5 Å². The zero-order valence-corrected chi connectivity index (χ0v) is 14.4. The number of esters is 1. The summed E-state index contributed by atoms with van der Waals surface area (Å²) >= 11 is 0. The molecule has 0 atom stereocenters. The maximum Gasteiger partial charge on any atom is 0.325 e. The molecule has 1 heterocycles. The molecule has 0 amide bonds. The lowest BCUT2D eigenvalue weighted by Gasteiger charge is -2.07. The molecule has 0 unspecified atom stereocenters. The van der Waals surface area contributed by atoms with Gasteiger partial charge in [-0.25, -0.2) is 0 Å². The van der Waals surface area contributed by atoms with Gasteiger partial charge >= 0.3 is 5.97 Å². The summed E-state index contributed by atoms with van der Waals surface area (Å²) in [6, 6.07) is 5.53. The molecule has 0 fully saturated rings. The van der Waals surface area contributed by atoms with Gasteiger partial charge in [-0.2, -0.15) is 0 Å². The van der Waals surface area contributed by atoms with Gasteiger partial charge in [-0.15, -0.1) is 0 Å². The summed E-state index contributed by atoms with van der Waals surface area (Å²) in [6.07, 6.45) is 6.76.